The number of alkyl halides is 3. The van der Waals surface area contributed by atoms with Crippen molar-refractivity contribution in [1.82, 2.24) is 19.9 Å². The number of sulfonamides is 1. The minimum absolute atomic E-state index is 0.000639. The number of hydrogen-bond donors (Lipinski definition) is 4. The van der Waals surface area contributed by atoms with Crippen LogP contribution in [0.1, 0.15) is 31.2 Å². The first-order valence-corrected chi connectivity index (χ1v) is 11.4. The number of anilines is 1. The fraction of sp³-hybridized carbons (Fsp3) is 0.400. The molecule has 4 rings (SSSR count). The van der Waals surface area contributed by atoms with Gasteiger partial charge in [-0.3, -0.25) is 5.10 Å². The number of benzene rings is 1. The van der Waals surface area contributed by atoms with E-state index in [0.29, 0.717) is 27.9 Å². The highest BCUT2D eigenvalue weighted by Crippen LogP contribution is 2.41. The van der Waals surface area contributed by atoms with E-state index in [-0.39, 0.29) is 23.6 Å². The standard InChI is InChI=1S/C20H22F3N5O3S/c1-11-10-13(2-3-14(11)15-4-5-16-17(25-15)18(24)27-26-16)32(30,31)28-12-6-8-19(29,9-7-12)20(21,22)23/h2-5,10,12,28-29H,6-9H2,1H3,(H3,24,26,27). The molecule has 0 bridgehead atoms. The Balaban J connectivity index is 1.52. The Labute approximate surface area is 182 Å². The van der Waals surface area contributed by atoms with Crippen LogP contribution in [0, 0.1) is 6.92 Å². The molecule has 0 saturated heterocycles. The maximum absolute atomic E-state index is 13.0. The zero-order valence-electron chi connectivity index (χ0n) is 17.1. The molecule has 0 amide bonds. The molecule has 5 N–H and O–H groups in total. The Morgan fingerprint density at radius 2 is 1.91 bits per heavy atom. The van der Waals surface area contributed by atoms with Crippen molar-refractivity contribution in [3.8, 4) is 11.3 Å². The summed E-state index contributed by atoms with van der Waals surface area (Å²) >= 11 is 0. The molecule has 12 heteroatoms. The van der Waals surface area contributed by atoms with Crippen LogP contribution in [0.25, 0.3) is 22.3 Å². The number of hydrogen-bond acceptors (Lipinski definition) is 6. The van der Waals surface area contributed by atoms with Crippen molar-refractivity contribution >= 4 is 26.9 Å². The molecule has 8 nitrogen and oxygen atoms in total. The van der Waals surface area contributed by atoms with Crippen LogP contribution in [0.3, 0.4) is 0 Å². The summed E-state index contributed by atoms with van der Waals surface area (Å²) in [5, 5.41) is 16.4. The molecule has 1 aliphatic carbocycles. The van der Waals surface area contributed by atoms with Gasteiger partial charge in [0.05, 0.1) is 16.1 Å². The van der Waals surface area contributed by atoms with Crippen molar-refractivity contribution < 1.29 is 26.7 Å². The normalized spacial score (nSPS) is 22.3. The largest absolute Gasteiger partial charge is 0.417 e. The molecule has 1 fully saturated rings. The summed E-state index contributed by atoms with van der Waals surface area (Å²) in [6.45, 7) is 1.74. The molecular formula is C20H22F3N5O3S. The summed E-state index contributed by atoms with van der Waals surface area (Å²) in [5.41, 5.74) is 6.18. The van der Waals surface area contributed by atoms with Crippen LogP contribution >= 0.6 is 0 Å². The average molecular weight is 469 g/mol. The molecule has 1 saturated carbocycles. The fourth-order valence-electron chi connectivity index (χ4n) is 3.94. The Morgan fingerprint density at radius 1 is 1.22 bits per heavy atom. The second kappa shape index (κ2) is 7.71. The number of nitrogens with two attached hydrogens (primary N) is 1. The van der Waals surface area contributed by atoms with Crippen LogP contribution < -0.4 is 10.5 Å². The van der Waals surface area contributed by atoms with Crippen LogP contribution in [0.5, 0.6) is 0 Å². The molecule has 172 valence electrons. The van der Waals surface area contributed by atoms with Crippen LogP contribution in [0.15, 0.2) is 35.2 Å². The number of nitrogen functional groups attached to an aromatic ring is 1. The predicted molar refractivity (Wildman–Crippen MR) is 112 cm³/mol. The van der Waals surface area contributed by atoms with Crippen molar-refractivity contribution in [3.05, 3.63) is 35.9 Å². The highest BCUT2D eigenvalue weighted by atomic mass is 32.2. The number of halogens is 3. The second-order valence-electron chi connectivity index (χ2n) is 8.10. The van der Waals surface area contributed by atoms with Crippen molar-refractivity contribution in [2.45, 2.75) is 55.3 Å². The van der Waals surface area contributed by atoms with E-state index in [9.17, 15) is 26.7 Å². The van der Waals surface area contributed by atoms with Gasteiger partial charge >= 0.3 is 6.18 Å². The molecule has 0 radical (unpaired) electrons. The van der Waals surface area contributed by atoms with Crippen molar-refractivity contribution in [1.29, 1.82) is 0 Å². The minimum atomic E-state index is -4.73. The van der Waals surface area contributed by atoms with E-state index in [1.807, 2.05) is 0 Å². The lowest BCUT2D eigenvalue weighted by Gasteiger charge is -2.37. The van der Waals surface area contributed by atoms with Gasteiger partial charge in [-0.25, -0.2) is 18.1 Å². The quantitative estimate of drug-likeness (QED) is 0.464. The van der Waals surface area contributed by atoms with Gasteiger partial charge in [-0.1, -0.05) is 6.07 Å². The second-order valence-corrected chi connectivity index (χ2v) is 9.82. The summed E-state index contributed by atoms with van der Waals surface area (Å²) in [4.78, 5) is 4.48. The third-order valence-electron chi connectivity index (χ3n) is 5.88. The van der Waals surface area contributed by atoms with E-state index in [0.717, 1.165) is 0 Å². The average Bonchev–Trinajstić information content (AvgIpc) is 3.09. The number of aromatic amines is 1. The van der Waals surface area contributed by atoms with Gasteiger partial charge in [0.15, 0.2) is 11.4 Å². The van der Waals surface area contributed by atoms with E-state index in [2.05, 4.69) is 19.9 Å². The lowest BCUT2D eigenvalue weighted by molar-refractivity contribution is -0.270. The summed E-state index contributed by atoms with van der Waals surface area (Å²) in [5.74, 6) is 0.257. The fourth-order valence-corrected chi connectivity index (χ4v) is 5.33. The van der Waals surface area contributed by atoms with Crippen molar-refractivity contribution in [3.63, 3.8) is 0 Å². The maximum atomic E-state index is 13.0. The summed E-state index contributed by atoms with van der Waals surface area (Å²) < 4.78 is 67.0. The zero-order valence-corrected chi connectivity index (χ0v) is 17.9. The zero-order chi connectivity index (χ0) is 23.3. The topological polar surface area (TPSA) is 134 Å². The molecule has 1 aromatic carbocycles. The lowest BCUT2D eigenvalue weighted by atomic mass is 9.82. The SMILES string of the molecule is Cc1cc(S(=O)(=O)NC2CCC(O)(C(F)(F)F)CC2)ccc1-c1ccc2[nH]nc(N)c2n1. The highest BCUT2D eigenvalue weighted by molar-refractivity contribution is 7.89. The molecule has 0 atom stereocenters. The third kappa shape index (κ3) is 4.05. The van der Waals surface area contributed by atoms with Crippen LogP contribution in [-0.4, -0.2) is 46.5 Å². The van der Waals surface area contributed by atoms with Gasteiger partial charge in [0.1, 0.15) is 5.52 Å². The highest BCUT2D eigenvalue weighted by Gasteiger charge is 2.54. The third-order valence-corrected chi connectivity index (χ3v) is 7.40. The Bertz CT molecular complexity index is 1270. The minimum Gasteiger partial charge on any atom is -0.380 e. The molecule has 3 aromatic rings. The number of aromatic nitrogens is 3. The van der Waals surface area contributed by atoms with Crippen molar-refractivity contribution in [2.75, 3.05) is 5.73 Å². The van der Waals surface area contributed by atoms with Gasteiger partial charge in [0.2, 0.25) is 10.0 Å². The monoisotopic (exact) mass is 469 g/mol. The molecule has 32 heavy (non-hydrogen) atoms. The van der Waals surface area contributed by atoms with Crippen LogP contribution in [-0.2, 0) is 10.0 Å². The van der Waals surface area contributed by atoms with Crippen LogP contribution in [0.2, 0.25) is 0 Å². The Kier molecular flexibility index (Phi) is 5.42. The van der Waals surface area contributed by atoms with E-state index < -0.39 is 40.7 Å². The molecule has 0 unspecified atom stereocenters. The molecule has 2 aromatic heterocycles. The number of H-pyrrole nitrogens is 1. The molecular weight excluding hydrogens is 447 g/mol. The van der Waals surface area contributed by atoms with E-state index in [4.69, 9.17) is 5.73 Å². The number of nitrogens with one attached hydrogen (secondary N) is 2. The van der Waals surface area contributed by atoms with Gasteiger partial charge in [-0.05, 0) is 62.4 Å². The molecule has 0 aliphatic heterocycles. The van der Waals surface area contributed by atoms with Crippen molar-refractivity contribution in [2.24, 2.45) is 0 Å². The first-order chi connectivity index (χ1) is 14.9. The first kappa shape index (κ1) is 22.5. The Morgan fingerprint density at radius 3 is 2.53 bits per heavy atom. The predicted octanol–water partition coefficient (Wildman–Crippen LogP) is 3.03. The lowest BCUT2D eigenvalue weighted by Crippen LogP contribution is -2.51. The van der Waals surface area contributed by atoms with E-state index in [1.54, 1.807) is 25.1 Å². The first-order valence-electron chi connectivity index (χ1n) is 9.93. The van der Waals surface area contributed by atoms with Crippen LogP contribution in [0.4, 0.5) is 19.0 Å². The summed E-state index contributed by atoms with van der Waals surface area (Å²) in [6.07, 6.45) is -6.05. The maximum Gasteiger partial charge on any atom is 0.417 e. The van der Waals surface area contributed by atoms with Gasteiger partial charge in [0, 0.05) is 11.6 Å². The van der Waals surface area contributed by atoms with Gasteiger partial charge in [-0.15, -0.1) is 0 Å². The number of nitrogens with zero attached hydrogens (tertiary/aromatic N) is 2. The molecule has 2 heterocycles. The molecule has 0 spiro atoms. The number of aliphatic hydroxyl groups is 1. The van der Waals surface area contributed by atoms with Gasteiger partial charge in [0.25, 0.3) is 0 Å². The smallest absolute Gasteiger partial charge is 0.380 e. The summed E-state index contributed by atoms with van der Waals surface area (Å²) in [6, 6.07) is 7.38. The number of pyridine rings is 1. The molecule has 1 aliphatic rings. The van der Waals surface area contributed by atoms with E-state index in [1.165, 1.54) is 12.1 Å². The van der Waals surface area contributed by atoms with E-state index >= 15 is 0 Å². The summed E-state index contributed by atoms with van der Waals surface area (Å²) in [7, 11) is -3.95. The number of fused-ring (bicyclic) bond motifs is 1. The number of rotatable bonds is 4. The van der Waals surface area contributed by atoms with Gasteiger partial charge < -0.3 is 10.8 Å². The number of aryl methyl sites for hydroxylation is 1. The Hall–Kier alpha value is -2.70. The van der Waals surface area contributed by atoms with Gasteiger partial charge in [-0.2, -0.15) is 18.3 Å².